The third-order valence-electron chi connectivity index (χ3n) is 3.81. The first kappa shape index (κ1) is 13.5. The minimum absolute atomic E-state index is 0.803. The van der Waals surface area contributed by atoms with Crippen LogP contribution in [0.25, 0.3) is 0 Å². The number of nitrogens with zero attached hydrogens (tertiary/aromatic N) is 2. The second-order valence-corrected chi connectivity index (χ2v) is 5.36. The van der Waals surface area contributed by atoms with Crippen LogP contribution in [-0.2, 0) is 13.0 Å². The van der Waals surface area contributed by atoms with Gasteiger partial charge in [-0.15, -0.1) is 0 Å². The van der Waals surface area contributed by atoms with Crippen molar-refractivity contribution in [2.24, 2.45) is 5.92 Å². The molecule has 100 valence electrons. The van der Waals surface area contributed by atoms with Gasteiger partial charge in [-0.3, -0.25) is 4.98 Å². The minimum Gasteiger partial charge on any atom is -0.311 e. The third-order valence-corrected chi connectivity index (χ3v) is 3.81. The van der Waals surface area contributed by atoms with Gasteiger partial charge in [-0.25, -0.2) is 0 Å². The highest BCUT2D eigenvalue weighted by atomic mass is 15.1. The molecule has 2 heterocycles. The van der Waals surface area contributed by atoms with Crippen LogP contribution in [0.3, 0.4) is 0 Å². The lowest BCUT2D eigenvalue weighted by molar-refractivity contribution is 0.206. The lowest BCUT2D eigenvalue weighted by Gasteiger charge is -2.29. The van der Waals surface area contributed by atoms with E-state index in [4.69, 9.17) is 0 Å². The van der Waals surface area contributed by atoms with Gasteiger partial charge in [0.05, 0.1) is 5.69 Å². The number of hydrogen-bond donors (Lipinski definition) is 1. The first-order valence-electron chi connectivity index (χ1n) is 7.11. The molecule has 1 N–H and O–H groups in total. The summed E-state index contributed by atoms with van der Waals surface area (Å²) in [5, 5.41) is 3.58. The fourth-order valence-corrected chi connectivity index (χ4v) is 2.79. The molecule has 0 spiro atoms. The van der Waals surface area contributed by atoms with Crippen molar-refractivity contribution in [3.8, 4) is 0 Å². The van der Waals surface area contributed by atoms with E-state index >= 15 is 0 Å². The maximum atomic E-state index is 4.47. The monoisotopic (exact) mass is 247 g/mol. The molecule has 0 aromatic carbocycles. The molecule has 0 saturated carbocycles. The smallest absolute Gasteiger partial charge is 0.0573 e. The van der Waals surface area contributed by atoms with Gasteiger partial charge in [0.2, 0.25) is 0 Å². The lowest BCUT2D eigenvalue weighted by Crippen LogP contribution is -2.37. The van der Waals surface area contributed by atoms with Gasteiger partial charge in [0.15, 0.2) is 0 Å². The molecule has 0 amide bonds. The van der Waals surface area contributed by atoms with Crippen LogP contribution >= 0.6 is 0 Å². The summed E-state index contributed by atoms with van der Waals surface area (Å²) >= 11 is 0. The van der Waals surface area contributed by atoms with Crippen molar-refractivity contribution >= 4 is 0 Å². The van der Waals surface area contributed by atoms with Crippen LogP contribution in [0.4, 0.5) is 0 Å². The molecule has 0 radical (unpaired) electrons. The Labute approximate surface area is 111 Å². The largest absolute Gasteiger partial charge is 0.311 e. The zero-order chi connectivity index (χ0) is 12.8. The summed E-state index contributed by atoms with van der Waals surface area (Å²) in [6, 6.07) is 4.21. The molecule has 1 saturated heterocycles. The van der Waals surface area contributed by atoms with Crippen LogP contribution in [-0.4, -0.2) is 36.6 Å². The number of aryl methyl sites for hydroxylation is 1. The molecule has 3 nitrogen and oxygen atoms in total. The summed E-state index contributed by atoms with van der Waals surface area (Å²) in [5.74, 6) is 0.803. The Morgan fingerprint density at radius 3 is 3.17 bits per heavy atom. The molecule has 1 aromatic heterocycles. The first-order valence-corrected chi connectivity index (χ1v) is 7.11. The van der Waals surface area contributed by atoms with Crippen molar-refractivity contribution in [1.29, 1.82) is 0 Å². The molecular weight excluding hydrogens is 222 g/mol. The predicted molar refractivity (Wildman–Crippen MR) is 75.5 cm³/mol. The van der Waals surface area contributed by atoms with E-state index in [0.717, 1.165) is 25.4 Å². The van der Waals surface area contributed by atoms with E-state index in [0.29, 0.717) is 0 Å². The molecular formula is C15H25N3. The van der Waals surface area contributed by atoms with E-state index in [9.17, 15) is 0 Å². The average Bonchev–Trinajstić information content (AvgIpc) is 2.39. The van der Waals surface area contributed by atoms with Crippen LogP contribution in [0.2, 0.25) is 0 Å². The van der Waals surface area contributed by atoms with Gasteiger partial charge >= 0.3 is 0 Å². The topological polar surface area (TPSA) is 28.2 Å². The normalized spacial score (nSPS) is 21.1. The van der Waals surface area contributed by atoms with Crippen LogP contribution in [0.1, 0.15) is 31.0 Å². The number of rotatable bonds is 5. The van der Waals surface area contributed by atoms with Crippen LogP contribution in [0.5, 0.6) is 0 Å². The van der Waals surface area contributed by atoms with Crippen LogP contribution < -0.4 is 5.32 Å². The highest BCUT2D eigenvalue weighted by Gasteiger charge is 2.16. The highest BCUT2D eigenvalue weighted by Crippen LogP contribution is 2.14. The highest BCUT2D eigenvalue weighted by molar-refractivity contribution is 5.19. The summed E-state index contributed by atoms with van der Waals surface area (Å²) in [5.41, 5.74) is 2.58. The fourth-order valence-electron chi connectivity index (χ4n) is 2.79. The quantitative estimate of drug-likeness (QED) is 0.863. The summed E-state index contributed by atoms with van der Waals surface area (Å²) in [6.07, 6.45) is 5.66. The standard InChI is InChI=1S/C15H25N3/c1-3-14-7-4-8-17-15(14)11-16-10-13-6-5-9-18(2)12-13/h4,7-8,13,16H,3,5-6,9-12H2,1-2H3. The molecule has 1 aliphatic heterocycles. The molecule has 1 aromatic rings. The summed E-state index contributed by atoms with van der Waals surface area (Å²) in [7, 11) is 2.22. The number of hydrogen-bond acceptors (Lipinski definition) is 3. The van der Waals surface area contributed by atoms with Crippen molar-refractivity contribution in [1.82, 2.24) is 15.2 Å². The van der Waals surface area contributed by atoms with E-state index in [-0.39, 0.29) is 0 Å². The average molecular weight is 247 g/mol. The Bertz CT molecular complexity index is 365. The summed E-state index contributed by atoms with van der Waals surface area (Å²) in [6.45, 7) is 6.71. The SMILES string of the molecule is CCc1cccnc1CNCC1CCCN(C)C1. The Balaban J connectivity index is 1.77. The Morgan fingerprint density at radius 1 is 1.50 bits per heavy atom. The molecule has 1 aliphatic rings. The Kier molecular flexibility index (Phi) is 5.14. The minimum atomic E-state index is 0.803. The van der Waals surface area contributed by atoms with Gasteiger partial charge < -0.3 is 10.2 Å². The lowest BCUT2D eigenvalue weighted by atomic mass is 9.98. The zero-order valence-electron chi connectivity index (χ0n) is 11.7. The molecule has 1 fully saturated rings. The van der Waals surface area contributed by atoms with E-state index < -0.39 is 0 Å². The van der Waals surface area contributed by atoms with Crippen molar-refractivity contribution in [2.75, 3.05) is 26.7 Å². The van der Waals surface area contributed by atoms with Crippen LogP contribution in [0.15, 0.2) is 18.3 Å². The third kappa shape index (κ3) is 3.79. The van der Waals surface area contributed by atoms with E-state index in [1.807, 2.05) is 12.3 Å². The van der Waals surface area contributed by atoms with Crippen molar-refractivity contribution in [2.45, 2.75) is 32.7 Å². The number of likely N-dealkylation sites (tertiary alicyclic amines) is 1. The maximum Gasteiger partial charge on any atom is 0.0573 e. The number of aromatic nitrogens is 1. The first-order chi connectivity index (χ1) is 8.79. The van der Waals surface area contributed by atoms with Gasteiger partial charge in [0.25, 0.3) is 0 Å². The maximum absolute atomic E-state index is 4.47. The second kappa shape index (κ2) is 6.86. The van der Waals surface area contributed by atoms with Gasteiger partial charge in [-0.05, 0) is 56.9 Å². The molecule has 1 unspecified atom stereocenters. The van der Waals surface area contributed by atoms with Gasteiger partial charge in [0.1, 0.15) is 0 Å². The molecule has 18 heavy (non-hydrogen) atoms. The summed E-state index contributed by atoms with van der Waals surface area (Å²) < 4.78 is 0. The number of nitrogens with one attached hydrogen (secondary N) is 1. The van der Waals surface area contributed by atoms with Crippen LogP contribution in [0, 0.1) is 5.92 Å². The molecule has 2 rings (SSSR count). The Morgan fingerprint density at radius 2 is 2.39 bits per heavy atom. The fraction of sp³-hybridized carbons (Fsp3) is 0.667. The van der Waals surface area contributed by atoms with E-state index in [1.165, 1.54) is 37.2 Å². The molecule has 0 aliphatic carbocycles. The second-order valence-electron chi connectivity index (χ2n) is 5.36. The Hall–Kier alpha value is -0.930. The number of piperidine rings is 1. The van der Waals surface area contributed by atoms with E-state index in [1.54, 1.807) is 0 Å². The van der Waals surface area contributed by atoms with Gasteiger partial charge in [-0.1, -0.05) is 13.0 Å². The van der Waals surface area contributed by atoms with Crippen molar-refractivity contribution in [3.05, 3.63) is 29.6 Å². The number of pyridine rings is 1. The predicted octanol–water partition coefficient (Wildman–Crippen LogP) is 2.08. The molecule has 0 bridgehead atoms. The molecule has 3 heteroatoms. The van der Waals surface area contributed by atoms with Crippen molar-refractivity contribution < 1.29 is 0 Å². The van der Waals surface area contributed by atoms with E-state index in [2.05, 4.69) is 35.2 Å². The summed E-state index contributed by atoms with van der Waals surface area (Å²) in [4.78, 5) is 6.91. The van der Waals surface area contributed by atoms with Gasteiger partial charge in [-0.2, -0.15) is 0 Å². The van der Waals surface area contributed by atoms with Gasteiger partial charge in [0, 0.05) is 19.3 Å². The zero-order valence-corrected chi connectivity index (χ0v) is 11.7. The molecule has 1 atom stereocenters. The van der Waals surface area contributed by atoms with Crippen molar-refractivity contribution in [3.63, 3.8) is 0 Å².